The number of aliphatic hydroxyl groups is 1. The van der Waals surface area contributed by atoms with Gasteiger partial charge in [-0.15, -0.1) is 0 Å². The lowest BCUT2D eigenvalue weighted by molar-refractivity contribution is -0.132. The third-order valence-electron chi connectivity index (χ3n) is 4.59. The van der Waals surface area contributed by atoms with E-state index in [0.717, 1.165) is 0 Å². The minimum Gasteiger partial charge on any atom is -0.392 e. The minimum absolute atomic E-state index is 0.111. The molecule has 0 fully saturated rings. The molecule has 0 aliphatic carbocycles. The molecule has 172 valence electrons. The number of hydrogen-bond acceptors (Lipinski definition) is 5. The van der Waals surface area contributed by atoms with E-state index in [-0.39, 0.29) is 37.8 Å². The number of nitrogens with one attached hydrogen (secondary N) is 4. The van der Waals surface area contributed by atoms with Gasteiger partial charge in [0.05, 0.1) is 6.61 Å². The smallest absolute Gasteiger partial charge is 0.312 e. The first-order chi connectivity index (χ1) is 14.7. The monoisotopic (exact) mass is 435 g/mol. The molecule has 1 unspecified atom stereocenters. The fourth-order valence-electron chi connectivity index (χ4n) is 2.78. The van der Waals surface area contributed by atoms with E-state index in [1.807, 2.05) is 0 Å². The van der Waals surface area contributed by atoms with Gasteiger partial charge < -0.3 is 32.1 Å². The molecule has 0 saturated carbocycles. The molecule has 5 amide bonds. The van der Waals surface area contributed by atoms with Crippen LogP contribution < -0.4 is 27.0 Å². The predicted molar refractivity (Wildman–Crippen MR) is 117 cm³/mol. The van der Waals surface area contributed by atoms with E-state index in [1.165, 1.54) is 0 Å². The normalized spacial score (nSPS) is 12.5. The van der Waals surface area contributed by atoms with E-state index >= 15 is 0 Å². The summed E-state index contributed by atoms with van der Waals surface area (Å²) in [5.74, 6) is -1.34. The molecular formula is C21H33N5O5. The number of amides is 5. The Morgan fingerprint density at radius 2 is 1.68 bits per heavy atom. The highest BCUT2D eigenvalue weighted by atomic mass is 16.3. The molecule has 0 spiro atoms. The number of anilines is 1. The standard InChI is InChI=1S/C21H33N5O5/c1-4-17(28)26-18(13(2)3)20(30)25-16(6-5-11-23-21(22)31)19(29)24-15-9-7-14(12-27)8-10-15/h7-10,13,16,18,27H,4-6,11-12H2,1-3H3,(H,24,29)(H,25,30)(H,26,28)(H3,22,23,31)/t16-,18?/m0/s1. The van der Waals surface area contributed by atoms with Gasteiger partial charge in [0, 0.05) is 18.7 Å². The van der Waals surface area contributed by atoms with Crippen LogP contribution in [0.1, 0.15) is 45.6 Å². The molecule has 1 rings (SSSR count). The van der Waals surface area contributed by atoms with Crippen molar-refractivity contribution in [2.24, 2.45) is 11.7 Å². The second-order valence-corrected chi connectivity index (χ2v) is 7.48. The van der Waals surface area contributed by atoms with Crippen molar-refractivity contribution in [3.8, 4) is 0 Å². The van der Waals surface area contributed by atoms with Gasteiger partial charge in [0.15, 0.2) is 0 Å². The molecule has 0 bridgehead atoms. The Bertz CT molecular complexity index is 751. The van der Waals surface area contributed by atoms with Crippen molar-refractivity contribution in [3.63, 3.8) is 0 Å². The van der Waals surface area contributed by atoms with Crippen LogP contribution in [0.15, 0.2) is 24.3 Å². The molecule has 7 N–H and O–H groups in total. The Morgan fingerprint density at radius 1 is 1.03 bits per heavy atom. The van der Waals surface area contributed by atoms with Gasteiger partial charge in [-0.25, -0.2) is 4.79 Å². The van der Waals surface area contributed by atoms with Gasteiger partial charge in [0.2, 0.25) is 17.7 Å². The van der Waals surface area contributed by atoms with Gasteiger partial charge in [0.1, 0.15) is 12.1 Å². The molecule has 0 aliphatic rings. The Kier molecular flexibility index (Phi) is 11.0. The van der Waals surface area contributed by atoms with Crippen molar-refractivity contribution < 1.29 is 24.3 Å². The molecule has 0 saturated heterocycles. The lowest BCUT2D eigenvalue weighted by Crippen LogP contribution is -2.54. The quantitative estimate of drug-likeness (QED) is 0.264. The van der Waals surface area contributed by atoms with Gasteiger partial charge in [-0.3, -0.25) is 14.4 Å². The highest BCUT2D eigenvalue weighted by Crippen LogP contribution is 2.12. The Labute approximate surface area is 182 Å². The number of hydrogen-bond donors (Lipinski definition) is 6. The van der Waals surface area contributed by atoms with Crippen LogP contribution in [0.4, 0.5) is 10.5 Å². The van der Waals surface area contributed by atoms with Crippen LogP contribution in [0.5, 0.6) is 0 Å². The average molecular weight is 436 g/mol. The topological polar surface area (TPSA) is 163 Å². The zero-order chi connectivity index (χ0) is 23.4. The number of carbonyl (C=O) groups excluding carboxylic acids is 4. The number of rotatable bonds is 12. The second-order valence-electron chi connectivity index (χ2n) is 7.48. The average Bonchev–Trinajstić information content (AvgIpc) is 2.73. The molecule has 10 nitrogen and oxygen atoms in total. The summed E-state index contributed by atoms with van der Waals surface area (Å²) in [5.41, 5.74) is 6.26. The molecule has 0 radical (unpaired) electrons. The number of urea groups is 1. The lowest BCUT2D eigenvalue weighted by atomic mass is 10.0. The van der Waals surface area contributed by atoms with Crippen LogP contribution in [0.2, 0.25) is 0 Å². The van der Waals surface area contributed by atoms with Crippen LogP contribution in [0, 0.1) is 5.92 Å². The highest BCUT2D eigenvalue weighted by molar-refractivity contribution is 5.98. The van der Waals surface area contributed by atoms with Crippen molar-refractivity contribution in [3.05, 3.63) is 29.8 Å². The largest absolute Gasteiger partial charge is 0.392 e. The second kappa shape index (κ2) is 13.2. The fraction of sp³-hybridized carbons (Fsp3) is 0.524. The van der Waals surface area contributed by atoms with Crippen molar-refractivity contribution >= 4 is 29.4 Å². The number of nitrogens with two attached hydrogens (primary N) is 1. The Balaban J connectivity index is 2.89. The summed E-state index contributed by atoms with van der Waals surface area (Å²) in [6, 6.07) is 4.31. The van der Waals surface area contributed by atoms with Crippen LogP contribution in [-0.4, -0.2) is 47.5 Å². The number of carbonyl (C=O) groups is 4. The number of primary amides is 1. The van der Waals surface area contributed by atoms with E-state index in [9.17, 15) is 19.2 Å². The van der Waals surface area contributed by atoms with Crippen LogP contribution in [-0.2, 0) is 21.0 Å². The molecule has 2 atom stereocenters. The van der Waals surface area contributed by atoms with Gasteiger partial charge in [-0.1, -0.05) is 32.9 Å². The molecule has 0 aromatic heterocycles. The maximum absolute atomic E-state index is 12.8. The Hall–Kier alpha value is -3.14. The van der Waals surface area contributed by atoms with Crippen LogP contribution in [0.3, 0.4) is 0 Å². The number of benzene rings is 1. The lowest BCUT2D eigenvalue weighted by Gasteiger charge is -2.25. The first kappa shape index (κ1) is 25.9. The SMILES string of the molecule is CCC(=O)NC(C(=O)N[C@@H](CCCNC(N)=O)C(=O)Nc1ccc(CO)cc1)C(C)C. The van der Waals surface area contributed by atoms with Crippen LogP contribution >= 0.6 is 0 Å². The van der Waals surface area contributed by atoms with E-state index in [4.69, 9.17) is 10.8 Å². The van der Waals surface area contributed by atoms with Crippen LogP contribution in [0.25, 0.3) is 0 Å². The van der Waals surface area contributed by atoms with Gasteiger partial charge in [0.25, 0.3) is 0 Å². The highest BCUT2D eigenvalue weighted by Gasteiger charge is 2.28. The summed E-state index contributed by atoms with van der Waals surface area (Å²) in [6.45, 7) is 5.43. The first-order valence-electron chi connectivity index (χ1n) is 10.3. The molecule has 31 heavy (non-hydrogen) atoms. The summed E-state index contributed by atoms with van der Waals surface area (Å²) in [5, 5.41) is 19.7. The van der Waals surface area contributed by atoms with Crippen molar-refractivity contribution in [2.45, 2.75) is 58.7 Å². The zero-order valence-electron chi connectivity index (χ0n) is 18.2. The fourth-order valence-corrected chi connectivity index (χ4v) is 2.78. The third kappa shape index (κ3) is 9.47. The summed E-state index contributed by atoms with van der Waals surface area (Å²) >= 11 is 0. The summed E-state index contributed by atoms with van der Waals surface area (Å²) in [4.78, 5) is 48.3. The summed E-state index contributed by atoms with van der Waals surface area (Å²) < 4.78 is 0. The van der Waals surface area contributed by atoms with E-state index < -0.39 is 29.9 Å². The van der Waals surface area contributed by atoms with Crippen molar-refractivity contribution in [2.75, 3.05) is 11.9 Å². The molecular weight excluding hydrogens is 402 g/mol. The van der Waals surface area contributed by atoms with Gasteiger partial charge in [-0.05, 0) is 36.5 Å². The minimum atomic E-state index is -0.889. The molecule has 0 heterocycles. The van der Waals surface area contributed by atoms with E-state index in [1.54, 1.807) is 45.0 Å². The summed E-state index contributed by atoms with van der Waals surface area (Å²) in [7, 11) is 0. The Morgan fingerprint density at radius 3 is 2.19 bits per heavy atom. The maximum Gasteiger partial charge on any atom is 0.312 e. The van der Waals surface area contributed by atoms with E-state index in [2.05, 4.69) is 21.3 Å². The summed E-state index contributed by atoms with van der Waals surface area (Å²) in [6.07, 6.45) is 0.889. The van der Waals surface area contributed by atoms with Crippen molar-refractivity contribution in [1.82, 2.24) is 16.0 Å². The molecule has 10 heteroatoms. The van der Waals surface area contributed by atoms with Crippen molar-refractivity contribution in [1.29, 1.82) is 0 Å². The molecule has 0 aliphatic heterocycles. The van der Waals surface area contributed by atoms with Gasteiger partial charge >= 0.3 is 6.03 Å². The molecule has 1 aromatic carbocycles. The predicted octanol–water partition coefficient (Wildman–Crippen LogP) is 0.602. The molecule has 1 aromatic rings. The maximum atomic E-state index is 12.8. The zero-order valence-corrected chi connectivity index (χ0v) is 18.2. The van der Waals surface area contributed by atoms with Gasteiger partial charge in [-0.2, -0.15) is 0 Å². The third-order valence-corrected chi connectivity index (χ3v) is 4.59. The number of aliphatic hydroxyl groups excluding tert-OH is 1. The first-order valence-corrected chi connectivity index (χ1v) is 10.3. The van der Waals surface area contributed by atoms with E-state index in [0.29, 0.717) is 17.7 Å².